The van der Waals surface area contributed by atoms with Crippen molar-refractivity contribution in [3.05, 3.63) is 83.7 Å². The van der Waals surface area contributed by atoms with Crippen LogP contribution in [-0.2, 0) is 16.1 Å². The standard InChI is InChI=1S/C35H44F2N6O3/c1-5-41-24-38-31(21-33(41)46-23-25(2)22-45-4)42-17-19-43(20-18-42)32(44)8-6-7-30-34(26-9-13-28(36)14-10-26)40(3)35(39-30)27-11-15-29(37)16-12-27/h9-16,21,24-25,30H,5-8,17-20,22-23H2,1-4H3/q+2. The molecule has 0 saturated carbocycles. The molecular weight excluding hydrogens is 590 g/mol. The number of anilines is 1. The Morgan fingerprint density at radius 3 is 2.28 bits per heavy atom. The molecule has 1 aromatic heterocycles. The molecule has 3 aromatic rings. The highest BCUT2D eigenvalue weighted by Crippen LogP contribution is 2.23. The molecule has 9 nitrogen and oxygen atoms in total. The molecule has 3 heterocycles. The normalized spacial score (nSPS) is 17.3. The van der Waals surface area contributed by atoms with Crippen molar-refractivity contribution in [3.63, 3.8) is 0 Å². The molecule has 11 heteroatoms. The molecular formula is C35H44F2N6O3+2. The molecule has 2 aromatic carbocycles. The lowest BCUT2D eigenvalue weighted by atomic mass is 9.99. The number of aryl methyl sites for hydroxylation is 1. The van der Waals surface area contributed by atoms with Gasteiger partial charge in [-0.05, 0) is 66.9 Å². The Bertz CT molecular complexity index is 1550. The van der Waals surface area contributed by atoms with Gasteiger partial charge in [0.2, 0.25) is 11.9 Å². The molecule has 0 bridgehead atoms. The number of nitrogens with zero attached hydrogens (tertiary/aromatic N) is 6. The minimum atomic E-state index is -0.310. The summed E-state index contributed by atoms with van der Waals surface area (Å²) in [4.78, 5) is 27.0. The molecule has 2 unspecified atom stereocenters. The van der Waals surface area contributed by atoms with Gasteiger partial charge in [0, 0.05) is 57.6 Å². The van der Waals surface area contributed by atoms with Crippen molar-refractivity contribution < 1.29 is 32.2 Å². The maximum Gasteiger partial charge on any atom is 0.325 e. The van der Waals surface area contributed by atoms with E-state index in [1.807, 2.05) is 33.5 Å². The fourth-order valence-electron chi connectivity index (χ4n) is 6.01. The molecule has 1 fully saturated rings. The zero-order valence-electron chi connectivity index (χ0n) is 27.2. The average molecular weight is 635 g/mol. The van der Waals surface area contributed by atoms with E-state index in [2.05, 4.69) is 23.7 Å². The maximum absolute atomic E-state index is 13.7. The molecule has 5 rings (SSSR count). The van der Waals surface area contributed by atoms with E-state index < -0.39 is 0 Å². The number of aromatic nitrogens is 2. The van der Waals surface area contributed by atoms with Gasteiger partial charge in [-0.2, -0.15) is 4.57 Å². The number of hydrogen-bond donors (Lipinski definition) is 0. The number of carbonyl (C=O) groups excluding carboxylic acids is 1. The van der Waals surface area contributed by atoms with Crippen molar-refractivity contribution in [2.24, 2.45) is 10.9 Å². The number of piperazine rings is 1. The van der Waals surface area contributed by atoms with Crippen molar-refractivity contribution >= 4 is 23.3 Å². The third-order valence-corrected chi connectivity index (χ3v) is 8.51. The Hall–Kier alpha value is -4.25. The van der Waals surface area contributed by atoms with Gasteiger partial charge in [-0.25, -0.2) is 13.4 Å². The van der Waals surface area contributed by atoms with Crippen molar-refractivity contribution in [2.75, 3.05) is 58.5 Å². The quantitative estimate of drug-likeness (QED) is 0.265. The average Bonchev–Trinajstić information content (AvgIpc) is 3.39. The van der Waals surface area contributed by atoms with Crippen LogP contribution in [0.1, 0.15) is 44.2 Å². The number of ether oxygens (including phenoxy) is 2. The zero-order valence-corrected chi connectivity index (χ0v) is 27.2. The van der Waals surface area contributed by atoms with Gasteiger partial charge in [0.25, 0.3) is 18.0 Å². The first kappa shape index (κ1) is 33.1. The number of carbonyl (C=O) groups is 1. The van der Waals surface area contributed by atoms with Crippen LogP contribution in [0.5, 0.6) is 5.88 Å². The molecule has 1 amide bonds. The summed E-state index contributed by atoms with van der Waals surface area (Å²) in [5.74, 6) is 2.12. The zero-order chi connectivity index (χ0) is 32.6. The summed E-state index contributed by atoms with van der Waals surface area (Å²) in [7, 11) is 3.61. The van der Waals surface area contributed by atoms with Gasteiger partial charge < -0.3 is 19.3 Å². The summed E-state index contributed by atoms with van der Waals surface area (Å²) >= 11 is 0. The van der Waals surface area contributed by atoms with Gasteiger partial charge in [-0.1, -0.05) is 11.9 Å². The van der Waals surface area contributed by atoms with Crippen LogP contribution >= 0.6 is 0 Å². The molecule has 1 saturated heterocycles. The number of rotatable bonds is 13. The third-order valence-electron chi connectivity index (χ3n) is 8.51. The van der Waals surface area contributed by atoms with Crippen LogP contribution < -0.4 is 14.2 Å². The topological polar surface area (TPSA) is 74.2 Å². The summed E-state index contributed by atoms with van der Waals surface area (Å²) in [6.07, 6.45) is 3.54. The SMILES string of the molecule is CC[n+]1cnc(N2CCN(C(=O)CCCC3N=C(c4ccc(F)cc4)[N+](C)=C3c3ccc(F)cc3)CC2)cc1OCC(C)COC. The number of hydrogen-bond acceptors (Lipinski definition) is 6. The van der Waals surface area contributed by atoms with Gasteiger partial charge in [-0.3, -0.25) is 4.79 Å². The van der Waals surface area contributed by atoms with Crippen LogP contribution in [0.3, 0.4) is 0 Å². The molecule has 0 spiro atoms. The number of aliphatic imine (C=N–C) groups is 1. The lowest BCUT2D eigenvalue weighted by Crippen LogP contribution is -2.49. The van der Waals surface area contributed by atoms with Gasteiger partial charge in [0.1, 0.15) is 11.6 Å². The fraction of sp³-hybridized carbons (Fsp3) is 0.457. The predicted octanol–water partition coefficient (Wildman–Crippen LogP) is 4.11. The van der Waals surface area contributed by atoms with E-state index >= 15 is 0 Å². The summed E-state index contributed by atoms with van der Waals surface area (Å²) in [6, 6.07) is 14.4. The Balaban J connectivity index is 1.18. The van der Waals surface area contributed by atoms with Crippen molar-refractivity contribution in [1.29, 1.82) is 0 Å². The molecule has 0 aliphatic carbocycles. The Morgan fingerprint density at radius 2 is 1.65 bits per heavy atom. The maximum atomic E-state index is 13.7. The highest BCUT2D eigenvalue weighted by molar-refractivity contribution is 6.10. The molecule has 2 aliphatic heterocycles. The van der Waals surface area contributed by atoms with Crippen molar-refractivity contribution in [2.45, 2.75) is 45.7 Å². The first-order valence-electron chi connectivity index (χ1n) is 16.0. The van der Waals surface area contributed by atoms with Gasteiger partial charge in [0.15, 0.2) is 5.71 Å². The first-order chi connectivity index (χ1) is 22.3. The monoisotopic (exact) mass is 634 g/mol. The van der Waals surface area contributed by atoms with E-state index in [1.165, 1.54) is 24.3 Å². The highest BCUT2D eigenvalue weighted by Gasteiger charge is 2.37. The number of methoxy groups -OCH3 is 1. The summed E-state index contributed by atoms with van der Waals surface area (Å²) < 4.78 is 42.6. The lowest BCUT2D eigenvalue weighted by molar-refractivity contribution is -0.701. The second kappa shape index (κ2) is 15.4. The lowest BCUT2D eigenvalue weighted by Gasteiger charge is -2.34. The van der Waals surface area contributed by atoms with E-state index in [1.54, 1.807) is 31.4 Å². The molecule has 2 atom stereocenters. The molecule has 0 radical (unpaired) electrons. The molecule has 2 aliphatic rings. The first-order valence-corrected chi connectivity index (χ1v) is 16.0. The van der Waals surface area contributed by atoms with E-state index in [-0.39, 0.29) is 29.5 Å². The highest BCUT2D eigenvalue weighted by atomic mass is 19.1. The Labute approximate surface area is 269 Å². The van der Waals surface area contributed by atoms with Crippen LogP contribution in [-0.4, -0.2) is 91.5 Å². The van der Waals surface area contributed by atoms with Gasteiger partial charge in [-0.15, -0.1) is 0 Å². The van der Waals surface area contributed by atoms with Crippen molar-refractivity contribution in [3.8, 4) is 5.88 Å². The molecule has 0 N–H and O–H groups in total. The van der Waals surface area contributed by atoms with Gasteiger partial charge >= 0.3 is 5.84 Å². The van der Waals surface area contributed by atoms with Crippen LogP contribution in [0, 0.1) is 17.6 Å². The van der Waals surface area contributed by atoms with E-state index in [0.717, 1.165) is 40.9 Å². The summed E-state index contributed by atoms with van der Waals surface area (Å²) in [6.45, 7) is 8.71. The van der Waals surface area contributed by atoms with Crippen LogP contribution in [0.2, 0.25) is 0 Å². The van der Waals surface area contributed by atoms with E-state index in [9.17, 15) is 13.6 Å². The van der Waals surface area contributed by atoms with Crippen LogP contribution in [0.25, 0.3) is 0 Å². The Kier molecular flexibility index (Phi) is 11.1. The van der Waals surface area contributed by atoms with Gasteiger partial charge in [0.05, 0.1) is 38.4 Å². The smallest absolute Gasteiger partial charge is 0.325 e. The second-order valence-corrected chi connectivity index (χ2v) is 11.9. The molecule has 244 valence electrons. The number of amides is 1. The minimum Gasteiger partial charge on any atom is -0.462 e. The number of benzene rings is 2. The molecule has 46 heavy (non-hydrogen) atoms. The van der Waals surface area contributed by atoms with E-state index in [4.69, 9.17) is 14.5 Å². The largest absolute Gasteiger partial charge is 0.462 e. The minimum absolute atomic E-state index is 0.123. The fourth-order valence-corrected chi connectivity index (χ4v) is 6.01. The summed E-state index contributed by atoms with van der Waals surface area (Å²) in [5, 5.41) is 0. The Morgan fingerprint density at radius 1 is 1.00 bits per heavy atom. The van der Waals surface area contributed by atoms with Crippen LogP contribution in [0.4, 0.5) is 14.6 Å². The van der Waals surface area contributed by atoms with Crippen molar-refractivity contribution in [1.82, 2.24) is 9.88 Å². The third kappa shape index (κ3) is 7.93. The van der Waals surface area contributed by atoms with Crippen LogP contribution in [0.15, 0.2) is 65.9 Å². The van der Waals surface area contributed by atoms with E-state index in [0.29, 0.717) is 58.7 Å². The summed E-state index contributed by atoms with van der Waals surface area (Å²) in [5.41, 5.74) is 2.61. The number of amidine groups is 1. The predicted molar refractivity (Wildman–Crippen MR) is 173 cm³/mol. The second-order valence-electron chi connectivity index (χ2n) is 11.9. The number of halogens is 2.